The minimum Gasteiger partial charge on any atom is -0.107 e. The zero-order valence-electron chi connectivity index (χ0n) is 9.36. The number of rotatable bonds is 0. The summed E-state index contributed by atoms with van der Waals surface area (Å²) in [5.41, 5.74) is 3.25. The van der Waals surface area contributed by atoms with Crippen LogP contribution in [0.4, 0.5) is 0 Å². The molecule has 8 aliphatic carbocycles. The maximum Gasteiger partial charge on any atom is -0.0100 e. The summed E-state index contributed by atoms with van der Waals surface area (Å²) in [6.07, 6.45) is 6.77. The molecule has 0 aliphatic heterocycles. The summed E-state index contributed by atoms with van der Waals surface area (Å²) in [6.45, 7) is 0. The molecule has 1 heteroatoms. The average molecular weight is 372 g/mol. The van der Waals surface area contributed by atoms with E-state index >= 15 is 0 Å². The zero-order chi connectivity index (χ0) is 8.95. The topological polar surface area (TPSA) is 0 Å². The van der Waals surface area contributed by atoms with Crippen molar-refractivity contribution in [2.45, 2.75) is 48.0 Å². The number of fused-ring (bicyclic) bond motifs is 4. The lowest BCUT2D eigenvalue weighted by Crippen LogP contribution is -3.13. The predicted octanol–water partition coefficient (Wildman–Crippen LogP) is 5.07. The zero-order valence-corrected chi connectivity index (χ0v) is 11.7. The molecule has 19 heavy (non-hydrogen) atoms. The smallest absolute Gasteiger partial charge is 0.0100 e. The lowest BCUT2D eigenvalue weighted by molar-refractivity contribution is -0.705. The molecule has 0 aromatic carbocycles. The molecule has 0 amide bonds. The van der Waals surface area contributed by atoms with Crippen LogP contribution in [-0.2, 0) is 0 Å². The molecular formula is C18H29I. The normalized spacial score (nSPS) is 80.8. The van der Waals surface area contributed by atoms with Crippen LogP contribution in [0.2, 0.25) is 0 Å². The van der Waals surface area contributed by atoms with Crippen molar-refractivity contribution in [3.8, 4) is 0 Å². The van der Waals surface area contributed by atoms with Gasteiger partial charge in [-0.15, -0.1) is 24.0 Å². The van der Waals surface area contributed by atoms with Crippen molar-refractivity contribution in [1.29, 1.82) is 0 Å². The first-order chi connectivity index (χ1) is 7.41. The Morgan fingerprint density at radius 2 is 0.895 bits per heavy atom. The minimum absolute atomic E-state index is 0. The summed E-state index contributed by atoms with van der Waals surface area (Å²) in [5, 5.41) is 0. The Balaban J connectivity index is 0.000000242. The first-order valence-electron chi connectivity index (χ1n) is 7.41. The highest BCUT2D eigenvalue weighted by molar-refractivity contribution is 14.0. The molecule has 8 rings (SSSR count). The van der Waals surface area contributed by atoms with Crippen molar-refractivity contribution < 1.29 is 0 Å². The van der Waals surface area contributed by atoms with Crippen LogP contribution in [0.1, 0.15) is 48.0 Å². The number of hydrogen-bond acceptors (Lipinski definition) is 0. The van der Waals surface area contributed by atoms with Gasteiger partial charge in [0.25, 0.3) is 0 Å². The van der Waals surface area contributed by atoms with Gasteiger partial charge < -0.3 is 0 Å². The van der Waals surface area contributed by atoms with E-state index in [0.29, 0.717) is 0 Å². The van der Waals surface area contributed by atoms with E-state index in [-0.39, 0.29) is 46.3 Å². The van der Waals surface area contributed by atoms with Gasteiger partial charge in [-0.1, -0.05) is 22.3 Å². The molecule has 0 aromatic heterocycles. The Kier molecular flexibility index (Phi) is 1.90. The molecule has 4 unspecified atom stereocenters. The highest BCUT2D eigenvalue weighted by Crippen LogP contribution is 3.17. The second-order valence-corrected chi connectivity index (χ2v) is 8.55. The highest BCUT2D eigenvalue weighted by atomic mass is 127. The van der Waals surface area contributed by atoms with Gasteiger partial charge in [0.2, 0.25) is 0 Å². The lowest BCUT2D eigenvalue weighted by Gasteiger charge is -3.17. The summed E-state index contributed by atoms with van der Waals surface area (Å²) in [6, 6.07) is 0. The molecule has 0 radical (unpaired) electrons. The molecule has 108 valence electrons. The monoisotopic (exact) mass is 372 g/mol. The fraction of sp³-hybridized carbons (Fsp3) is 1.00. The standard InChI is InChI=1S/C15H16.3CH4.HI/c1-5-2-8-12-10-4-6-3-9-11-7(1)13(5,8)15(11,12)14(6,9)10;;;;/h5-12H,1-4H2;3*1H4;1H. The molecule has 0 aromatic rings. The maximum atomic E-state index is 1.69. The Hall–Kier alpha value is 0.730. The van der Waals surface area contributed by atoms with Crippen LogP contribution < -0.4 is 0 Å². The molecule has 0 heterocycles. The Labute approximate surface area is 135 Å². The van der Waals surface area contributed by atoms with E-state index in [9.17, 15) is 0 Å². The van der Waals surface area contributed by atoms with E-state index in [1.165, 1.54) is 47.3 Å². The van der Waals surface area contributed by atoms with E-state index in [1.54, 1.807) is 25.7 Å². The van der Waals surface area contributed by atoms with Gasteiger partial charge >= 0.3 is 0 Å². The van der Waals surface area contributed by atoms with Crippen molar-refractivity contribution in [3.63, 3.8) is 0 Å². The van der Waals surface area contributed by atoms with Crippen LogP contribution in [0.25, 0.3) is 0 Å². The third-order valence-electron chi connectivity index (χ3n) is 10.2. The van der Waals surface area contributed by atoms with Gasteiger partial charge in [-0.3, -0.25) is 0 Å². The Morgan fingerprint density at radius 3 is 1.16 bits per heavy atom. The SMILES string of the molecule is C.C.C.C1C2CC3C4C5CC6CC7C8C1C23C84C675.I. The van der Waals surface area contributed by atoms with E-state index in [0.717, 1.165) is 16.2 Å². The second-order valence-electron chi connectivity index (χ2n) is 8.55. The van der Waals surface area contributed by atoms with Crippen molar-refractivity contribution in [3.05, 3.63) is 0 Å². The van der Waals surface area contributed by atoms with Crippen molar-refractivity contribution >= 4 is 24.0 Å². The molecule has 8 fully saturated rings. The fourth-order valence-electron chi connectivity index (χ4n) is 11.0. The first kappa shape index (κ1) is 13.4. The third-order valence-corrected chi connectivity index (χ3v) is 10.2. The molecular weight excluding hydrogens is 343 g/mol. The second kappa shape index (κ2) is 2.70. The van der Waals surface area contributed by atoms with E-state index in [1.807, 2.05) is 0 Å². The number of hydrogen-bond donors (Lipinski definition) is 0. The van der Waals surface area contributed by atoms with Crippen LogP contribution in [0.15, 0.2) is 0 Å². The van der Waals surface area contributed by atoms with Crippen LogP contribution in [0, 0.1) is 63.6 Å². The van der Waals surface area contributed by atoms with Crippen LogP contribution in [0.3, 0.4) is 0 Å². The van der Waals surface area contributed by atoms with Gasteiger partial charge in [-0.25, -0.2) is 0 Å². The molecule has 0 nitrogen and oxygen atoms in total. The highest BCUT2D eigenvalue weighted by Gasteiger charge is 3.13. The minimum atomic E-state index is 0. The van der Waals surface area contributed by atoms with Gasteiger partial charge in [-0.05, 0) is 89.3 Å². The van der Waals surface area contributed by atoms with E-state index in [4.69, 9.17) is 0 Å². The molecule has 8 aliphatic rings. The van der Waals surface area contributed by atoms with E-state index < -0.39 is 0 Å². The maximum absolute atomic E-state index is 1.69. The summed E-state index contributed by atoms with van der Waals surface area (Å²) in [4.78, 5) is 0. The summed E-state index contributed by atoms with van der Waals surface area (Å²) >= 11 is 0. The lowest BCUT2D eigenvalue weighted by atomic mass is 8.87. The van der Waals surface area contributed by atoms with Crippen molar-refractivity contribution in [2.24, 2.45) is 63.6 Å². The molecule has 3 spiro atoms. The summed E-state index contributed by atoms with van der Waals surface area (Å²) < 4.78 is 0. The van der Waals surface area contributed by atoms with E-state index in [2.05, 4.69) is 0 Å². The third kappa shape index (κ3) is 0.538. The quantitative estimate of drug-likeness (QED) is 0.521. The van der Waals surface area contributed by atoms with Crippen LogP contribution in [0.5, 0.6) is 0 Å². The summed E-state index contributed by atoms with van der Waals surface area (Å²) in [5.74, 6) is 10.4. The molecule has 4 atom stereocenters. The summed E-state index contributed by atoms with van der Waals surface area (Å²) in [7, 11) is 0. The fourth-order valence-corrected chi connectivity index (χ4v) is 11.0. The van der Waals surface area contributed by atoms with Gasteiger partial charge in [0, 0.05) is 0 Å². The molecule has 8 saturated carbocycles. The molecule has 0 saturated heterocycles. The Morgan fingerprint density at radius 1 is 0.579 bits per heavy atom. The van der Waals surface area contributed by atoms with Crippen molar-refractivity contribution in [2.75, 3.05) is 0 Å². The Bertz CT molecular complexity index is 434. The molecule has 0 bridgehead atoms. The largest absolute Gasteiger partial charge is 0.107 e. The van der Waals surface area contributed by atoms with Gasteiger partial charge in [0.05, 0.1) is 0 Å². The van der Waals surface area contributed by atoms with Crippen LogP contribution >= 0.6 is 24.0 Å². The van der Waals surface area contributed by atoms with Gasteiger partial charge in [0.1, 0.15) is 0 Å². The number of halogens is 1. The average Bonchev–Trinajstić information content (AvgIpc) is 2.10. The van der Waals surface area contributed by atoms with Crippen LogP contribution in [-0.4, -0.2) is 0 Å². The first-order valence-corrected chi connectivity index (χ1v) is 7.41. The van der Waals surface area contributed by atoms with Gasteiger partial charge in [0.15, 0.2) is 0 Å². The predicted molar refractivity (Wildman–Crippen MR) is 89.3 cm³/mol. The molecule has 0 N–H and O–H groups in total. The van der Waals surface area contributed by atoms with Crippen molar-refractivity contribution in [1.82, 2.24) is 0 Å². The van der Waals surface area contributed by atoms with Gasteiger partial charge in [-0.2, -0.15) is 0 Å².